The Morgan fingerprint density at radius 3 is 2.55 bits per heavy atom. The van der Waals surface area contributed by atoms with E-state index in [-0.39, 0.29) is 32.8 Å². The number of fused-ring (bicyclic) bond motifs is 1. The van der Waals surface area contributed by atoms with Gasteiger partial charge in [-0.3, -0.25) is 9.78 Å². The van der Waals surface area contributed by atoms with E-state index in [1.54, 1.807) is 43.3 Å². The molecule has 0 bridgehead atoms. The summed E-state index contributed by atoms with van der Waals surface area (Å²) in [6.45, 7) is 1.56. The summed E-state index contributed by atoms with van der Waals surface area (Å²) in [7, 11) is -4.31. The largest absolute Gasteiger partial charge is 0.506 e. The minimum absolute atomic E-state index is 0.123. The Morgan fingerprint density at radius 1 is 1.10 bits per heavy atom. The molecular weight excluding hydrogens is 414 g/mol. The molecule has 1 amide bonds. The van der Waals surface area contributed by atoms with Crippen molar-refractivity contribution in [1.29, 1.82) is 0 Å². The number of carbonyl (C=O) groups excluding carboxylic acids is 1. The highest BCUT2D eigenvalue weighted by molar-refractivity contribution is 7.90. The smallest absolute Gasteiger partial charge is 0.290 e. The van der Waals surface area contributed by atoms with E-state index >= 15 is 0 Å². The van der Waals surface area contributed by atoms with Crippen LogP contribution in [-0.2, 0) is 14.8 Å². The fourth-order valence-corrected chi connectivity index (χ4v) is 4.54. The van der Waals surface area contributed by atoms with Gasteiger partial charge in [-0.2, -0.15) is 13.5 Å². The van der Waals surface area contributed by atoms with Gasteiger partial charge >= 0.3 is 0 Å². The van der Waals surface area contributed by atoms with Gasteiger partial charge in [0.15, 0.2) is 0 Å². The van der Waals surface area contributed by atoms with Crippen LogP contribution in [0.4, 0.5) is 0 Å². The quantitative estimate of drug-likeness (QED) is 0.644. The van der Waals surface area contributed by atoms with Gasteiger partial charge in [0, 0.05) is 16.6 Å². The third-order valence-corrected chi connectivity index (χ3v) is 6.30. The Labute approximate surface area is 171 Å². The zero-order valence-corrected chi connectivity index (χ0v) is 16.6. The molecular formula is C20H14ClN3O4S. The van der Waals surface area contributed by atoms with Gasteiger partial charge < -0.3 is 5.11 Å². The molecule has 0 fully saturated rings. The minimum Gasteiger partial charge on any atom is -0.506 e. The van der Waals surface area contributed by atoms with E-state index in [0.717, 1.165) is 0 Å². The lowest BCUT2D eigenvalue weighted by molar-refractivity contribution is -0.121. The second-order valence-corrected chi connectivity index (χ2v) is 8.50. The first-order valence-corrected chi connectivity index (χ1v) is 10.3. The average Bonchev–Trinajstić information content (AvgIpc) is 2.99. The standard InChI is InChI=1S/C20H14ClN3O4S/c1-12-16(11-13-4-6-14(21)7-5-13)20(26)24(23-12)29(27,28)18-9-8-17(25)19-15(18)3-2-10-22-19/h2-11,25H,1H3/b16-11+. The van der Waals surface area contributed by atoms with E-state index in [4.69, 9.17) is 11.6 Å². The number of aromatic hydroxyl groups is 1. The molecule has 1 aliphatic heterocycles. The topological polar surface area (TPSA) is 99.9 Å². The summed E-state index contributed by atoms with van der Waals surface area (Å²) in [5, 5.41) is 14.7. The third kappa shape index (κ3) is 3.26. The molecule has 0 saturated heterocycles. The Kier molecular flexibility index (Phi) is 4.60. The van der Waals surface area contributed by atoms with Crippen molar-refractivity contribution in [2.45, 2.75) is 11.8 Å². The highest BCUT2D eigenvalue weighted by Gasteiger charge is 2.38. The van der Waals surface area contributed by atoms with E-state index in [2.05, 4.69) is 10.1 Å². The maximum atomic E-state index is 13.2. The molecule has 2 aromatic carbocycles. The van der Waals surface area contributed by atoms with E-state index in [1.165, 1.54) is 24.4 Å². The van der Waals surface area contributed by atoms with Crippen molar-refractivity contribution < 1.29 is 18.3 Å². The molecule has 0 saturated carbocycles. The van der Waals surface area contributed by atoms with Crippen molar-refractivity contribution in [3.8, 4) is 5.75 Å². The SMILES string of the molecule is CC1=NN(S(=O)(=O)c2ccc(O)c3ncccc23)C(=O)/C1=C/c1ccc(Cl)cc1. The zero-order chi connectivity index (χ0) is 20.8. The molecule has 3 aromatic rings. The molecule has 2 heterocycles. The summed E-state index contributed by atoms with van der Waals surface area (Å²) in [6, 6.07) is 12.3. The lowest BCUT2D eigenvalue weighted by Gasteiger charge is -2.14. The summed E-state index contributed by atoms with van der Waals surface area (Å²) in [6.07, 6.45) is 3.00. The number of sulfonamides is 1. The van der Waals surface area contributed by atoms with Gasteiger partial charge in [0.05, 0.1) is 16.2 Å². The number of hydrogen-bond acceptors (Lipinski definition) is 6. The number of hydrogen-bond donors (Lipinski definition) is 1. The van der Waals surface area contributed by atoms with Crippen LogP contribution in [0.3, 0.4) is 0 Å². The monoisotopic (exact) mass is 427 g/mol. The zero-order valence-electron chi connectivity index (χ0n) is 15.1. The molecule has 1 aromatic heterocycles. The van der Waals surface area contributed by atoms with E-state index in [1.807, 2.05) is 0 Å². The minimum atomic E-state index is -4.31. The number of phenols is 1. The molecule has 0 atom stereocenters. The number of rotatable bonds is 3. The van der Waals surface area contributed by atoms with Crippen LogP contribution in [0.15, 0.2) is 70.3 Å². The molecule has 1 aliphatic rings. The number of benzene rings is 2. The lowest BCUT2D eigenvalue weighted by Crippen LogP contribution is -2.29. The van der Waals surface area contributed by atoms with E-state index < -0.39 is 15.9 Å². The maximum Gasteiger partial charge on any atom is 0.290 e. The van der Waals surface area contributed by atoms with Crippen molar-refractivity contribution in [3.05, 3.63) is 70.9 Å². The van der Waals surface area contributed by atoms with Gasteiger partial charge in [-0.15, -0.1) is 4.41 Å². The van der Waals surface area contributed by atoms with Gasteiger partial charge in [-0.25, -0.2) is 0 Å². The van der Waals surface area contributed by atoms with E-state index in [9.17, 15) is 18.3 Å². The number of nitrogens with zero attached hydrogens (tertiary/aromatic N) is 3. The first kappa shape index (κ1) is 19.1. The summed E-state index contributed by atoms with van der Waals surface area (Å²) in [5.41, 5.74) is 1.25. The Hall–Kier alpha value is -3.23. The second-order valence-electron chi connectivity index (χ2n) is 6.33. The number of pyridine rings is 1. The predicted octanol–water partition coefficient (Wildman–Crippen LogP) is 3.58. The molecule has 1 N–H and O–H groups in total. The van der Waals surface area contributed by atoms with Crippen molar-refractivity contribution in [3.63, 3.8) is 0 Å². The normalized spacial score (nSPS) is 15.9. The first-order valence-electron chi connectivity index (χ1n) is 8.48. The van der Waals surface area contributed by atoms with E-state index in [0.29, 0.717) is 15.0 Å². The average molecular weight is 428 g/mol. The van der Waals surface area contributed by atoms with Crippen LogP contribution in [0.2, 0.25) is 5.02 Å². The van der Waals surface area contributed by atoms with Crippen molar-refractivity contribution in [2.75, 3.05) is 0 Å². The molecule has 0 radical (unpaired) electrons. The Bertz CT molecular complexity index is 1320. The van der Waals surface area contributed by atoms with Crippen molar-refractivity contribution >= 4 is 50.2 Å². The van der Waals surface area contributed by atoms with Crippen LogP contribution in [-0.4, -0.2) is 34.5 Å². The highest BCUT2D eigenvalue weighted by atomic mass is 35.5. The third-order valence-electron chi connectivity index (χ3n) is 4.43. The van der Waals surface area contributed by atoms with Crippen molar-refractivity contribution in [2.24, 2.45) is 5.10 Å². The van der Waals surface area contributed by atoms with Crippen LogP contribution in [0.1, 0.15) is 12.5 Å². The molecule has 29 heavy (non-hydrogen) atoms. The Morgan fingerprint density at radius 2 is 1.83 bits per heavy atom. The summed E-state index contributed by atoms with van der Waals surface area (Å²) in [4.78, 5) is 16.7. The number of halogens is 1. The fraction of sp³-hybridized carbons (Fsp3) is 0.0500. The summed E-state index contributed by atoms with van der Waals surface area (Å²) in [5.74, 6) is -0.919. The molecule has 0 spiro atoms. The number of amides is 1. The van der Waals surface area contributed by atoms with Gasteiger partial charge in [0.2, 0.25) is 0 Å². The number of carbonyl (C=O) groups is 1. The van der Waals surface area contributed by atoms with Crippen LogP contribution >= 0.6 is 11.6 Å². The Balaban J connectivity index is 1.79. The van der Waals surface area contributed by atoms with Crippen molar-refractivity contribution in [1.82, 2.24) is 9.40 Å². The number of phenolic OH excluding ortho intramolecular Hbond substituents is 1. The molecule has 0 aliphatic carbocycles. The van der Waals surface area contributed by atoms with Crippen LogP contribution < -0.4 is 0 Å². The van der Waals surface area contributed by atoms with Crippen LogP contribution in [0, 0.1) is 0 Å². The van der Waals surface area contributed by atoms with Gasteiger partial charge in [-0.1, -0.05) is 23.7 Å². The number of hydrazone groups is 1. The molecule has 146 valence electrons. The lowest BCUT2D eigenvalue weighted by atomic mass is 10.1. The van der Waals surface area contributed by atoms with Gasteiger partial charge in [0.25, 0.3) is 15.9 Å². The fourth-order valence-electron chi connectivity index (χ4n) is 3.00. The second kappa shape index (κ2) is 6.98. The summed E-state index contributed by atoms with van der Waals surface area (Å²) >= 11 is 5.87. The van der Waals surface area contributed by atoms with Gasteiger partial charge in [0.1, 0.15) is 11.3 Å². The predicted molar refractivity (Wildman–Crippen MR) is 110 cm³/mol. The van der Waals surface area contributed by atoms with Crippen LogP contribution in [0.25, 0.3) is 17.0 Å². The summed E-state index contributed by atoms with van der Waals surface area (Å²) < 4.78 is 26.9. The maximum absolute atomic E-state index is 13.2. The number of aromatic nitrogens is 1. The molecule has 0 unspecified atom stereocenters. The molecule has 7 nitrogen and oxygen atoms in total. The van der Waals surface area contributed by atoms with Gasteiger partial charge in [-0.05, 0) is 55.0 Å². The molecule has 9 heteroatoms. The molecule has 4 rings (SSSR count). The van der Waals surface area contributed by atoms with Crippen LogP contribution in [0.5, 0.6) is 5.75 Å². The first-order chi connectivity index (χ1) is 13.8. The highest BCUT2D eigenvalue weighted by Crippen LogP contribution is 2.32.